The number of alkyl halides is 1. The molecule has 0 spiro atoms. The minimum absolute atomic E-state index is 0.0940. The molecule has 2 atom stereocenters. The van der Waals surface area contributed by atoms with Gasteiger partial charge in [-0.25, -0.2) is 22.5 Å². The number of nitrogens with one attached hydrogen (secondary N) is 1. The van der Waals surface area contributed by atoms with Gasteiger partial charge >= 0.3 is 0 Å². The van der Waals surface area contributed by atoms with Crippen LogP contribution in [-0.4, -0.2) is 24.8 Å². The maximum atomic E-state index is 13.3. The zero-order valence-electron chi connectivity index (χ0n) is 9.52. The standard InChI is InChI=1S/C10H14BrFN2O2S/c1-7(6-11)8(2)14-17(15,16)10-9(12)4-3-5-13-10/h3-5,7-8,14H,6H2,1-2H3. The van der Waals surface area contributed by atoms with Gasteiger partial charge in [0.15, 0.2) is 5.82 Å². The van der Waals surface area contributed by atoms with Crippen molar-refractivity contribution in [3.8, 4) is 0 Å². The molecule has 0 fully saturated rings. The Kier molecular flexibility index (Phi) is 5.03. The molecular formula is C10H14BrFN2O2S. The lowest BCUT2D eigenvalue weighted by Gasteiger charge is -2.18. The summed E-state index contributed by atoms with van der Waals surface area (Å²) in [5.41, 5.74) is 0. The molecule has 17 heavy (non-hydrogen) atoms. The molecular weight excluding hydrogens is 311 g/mol. The molecule has 2 unspecified atom stereocenters. The van der Waals surface area contributed by atoms with Crippen molar-refractivity contribution in [2.75, 3.05) is 5.33 Å². The van der Waals surface area contributed by atoms with Gasteiger partial charge in [-0.05, 0) is 25.0 Å². The van der Waals surface area contributed by atoms with E-state index in [9.17, 15) is 12.8 Å². The average Bonchev–Trinajstić information content (AvgIpc) is 2.27. The van der Waals surface area contributed by atoms with Crippen molar-refractivity contribution in [2.24, 2.45) is 5.92 Å². The van der Waals surface area contributed by atoms with Crippen molar-refractivity contribution in [2.45, 2.75) is 24.9 Å². The number of rotatable bonds is 5. The summed E-state index contributed by atoms with van der Waals surface area (Å²) in [7, 11) is -3.90. The van der Waals surface area contributed by atoms with E-state index in [0.717, 1.165) is 6.07 Å². The largest absolute Gasteiger partial charge is 0.261 e. The first-order valence-electron chi connectivity index (χ1n) is 5.07. The Balaban J connectivity index is 2.94. The molecule has 0 aliphatic heterocycles. The lowest BCUT2D eigenvalue weighted by molar-refractivity contribution is 0.477. The predicted molar refractivity (Wildman–Crippen MR) is 66.9 cm³/mol. The fourth-order valence-electron chi connectivity index (χ4n) is 1.12. The van der Waals surface area contributed by atoms with Gasteiger partial charge in [0.2, 0.25) is 5.03 Å². The second-order valence-electron chi connectivity index (χ2n) is 3.83. The zero-order chi connectivity index (χ0) is 13.1. The van der Waals surface area contributed by atoms with Crippen LogP contribution in [0.5, 0.6) is 0 Å². The third-order valence-corrected chi connectivity index (χ3v) is 4.93. The van der Waals surface area contributed by atoms with Crippen molar-refractivity contribution >= 4 is 26.0 Å². The van der Waals surface area contributed by atoms with E-state index in [4.69, 9.17) is 0 Å². The normalized spacial score (nSPS) is 15.5. The summed E-state index contributed by atoms with van der Waals surface area (Å²) in [6.45, 7) is 3.61. The summed E-state index contributed by atoms with van der Waals surface area (Å²) in [5, 5.41) is 0.0927. The first kappa shape index (κ1) is 14.5. The molecule has 0 aliphatic rings. The molecule has 0 saturated carbocycles. The first-order valence-corrected chi connectivity index (χ1v) is 7.67. The molecule has 1 rings (SSSR count). The molecule has 0 amide bonds. The Hall–Kier alpha value is -0.530. The summed E-state index contributed by atoms with van der Waals surface area (Å²) < 4.78 is 39.4. The van der Waals surface area contributed by atoms with Crippen molar-refractivity contribution in [1.29, 1.82) is 0 Å². The van der Waals surface area contributed by atoms with Gasteiger partial charge in [-0.15, -0.1) is 0 Å². The number of pyridine rings is 1. The topological polar surface area (TPSA) is 59.1 Å². The minimum atomic E-state index is -3.90. The van der Waals surface area contributed by atoms with Gasteiger partial charge < -0.3 is 0 Å². The molecule has 0 aromatic carbocycles. The van der Waals surface area contributed by atoms with E-state index < -0.39 is 20.9 Å². The van der Waals surface area contributed by atoms with Crippen LogP contribution in [0.25, 0.3) is 0 Å². The van der Waals surface area contributed by atoms with Crippen molar-refractivity contribution in [3.63, 3.8) is 0 Å². The number of nitrogens with zero attached hydrogens (tertiary/aromatic N) is 1. The highest BCUT2D eigenvalue weighted by molar-refractivity contribution is 9.09. The highest BCUT2D eigenvalue weighted by atomic mass is 79.9. The molecule has 0 radical (unpaired) electrons. The van der Waals surface area contributed by atoms with Crippen molar-refractivity contribution in [1.82, 2.24) is 9.71 Å². The summed E-state index contributed by atoms with van der Waals surface area (Å²) in [5.74, 6) is -0.754. The molecule has 1 N–H and O–H groups in total. The van der Waals surface area contributed by atoms with Gasteiger partial charge in [0.25, 0.3) is 10.0 Å². The molecule has 1 heterocycles. The lowest BCUT2D eigenvalue weighted by Crippen LogP contribution is -2.38. The van der Waals surface area contributed by atoms with Crippen LogP contribution in [0.1, 0.15) is 13.8 Å². The summed E-state index contributed by atoms with van der Waals surface area (Å²) >= 11 is 3.27. The van der Waals surface area contributed by atoms with E-state index in [2.05, 4.69) is 25.6 Å². The van der Waals surface area contributed by atoms with Crippen LogP contribution < -0.4 is 4.72 Å². The summed E-state index contributed by atoms with van der Waals surface area (Å²) in [6.07, 6.45) is 1.25. The number of sulfonamides is 1. The Morgan fingerprint density at radius 3 is 2.71 bits per heavy atom. The van der Waals surface area contributed by atoms with E-state index in [-0.39, 0.29) is 12.0 Å². The van der Waals surface area contributed by atoms with Crippen molar-refractivity contribution < 1.29 is 12.8 Å². The Bertz CT molecular complexity index is 481. The van der Waals surface area contributed by atoms with Crippen molar-refractivity contribution in [3.05, 3.63) is 24.1 Å². The molecule has 96 valence electrons. The highest BCUT2D eigenvalue weighted by Gasteiger charge is 2.24. The maximum absolute atomic E-state index is 13.3. The van der Waals surface area contributed by atoms with E-state index in [1.807, 2.05) is 6.92 Å². The smallest absolute Gasteiger partial charge is 0.241 e. The fourth-order valence-corrected chi connectivity index (χ4v) is 3.04. The third kappa shape index (κ3) is 3.72. The molecule has 0 bridgehead atoms. The Morgan fingerprint density at radius 2 is 2.18 bits per heavy atom. The van der Waals surface area contributed by atoms with Crippen LogP contribution >= 0.6 is 15.9 Å². The predicted octanol–water partition coefficient (Wildman–Crippen LogP) is 1.92. The molecule has 7 heteroatoms. The molecule has 1 aromatic heterocycles. The maximum Gasteiger partial charge on any atom is 0.261 e. The zero-order valence-corrected chi connectivity index (χ0v) is 11.9. The van der Waals surface area contributed by atoms with Gasteiger partial charge in [-0.3, -0.25) is 0 Å². The van der Waals surface area contributed by atoms with Gasteiger partial charge in [0.1, 0.15) is 0 Å². The average molecular weight is 325 g/mol. The van der Waals surface area contributed by atoms with Crippen LogP contribution in [0.4, 0.5) is 4.39 Å². The number of halogens is 2. The lowest BCUT2D eigenvalue weighted by atomic mass is 10.1. The van der Waals surface area contributed by atoms with Gasteiger partial charge in [-0.2, -0.15) is 0 Å². The van der Waals surface area contributed by atoms with Crippen LogP contribution in [0.3, 0.4) is 0 Å². The third-order valence-electron chi connectivity index (χ3n) is 2.42. The van der Waals surface area contributed by atoms with Gasteiger partial charge in [0, 0.05) is 17.6 Å². The second-order valence-corrected chi connectivity index (χ2v) is 6.11. The summed E-state index contributed by atoms with van der Waals surface area (Å²) in [6, 6.07) is 2.11. The Labute approximate surface area is 109 Å². The number of aromatic nitrogens is 1. The quantitative estimate of drug-likeness (QED) is 0.842. The number of hydrogen-bond acceptors (Lipinski definition) is 3. The fraction of sp³-hybridized carbons (Fsp3) is 0.500. The molecule has 4 nitrogen and oxygen atoms in total. The van der Waals surface area contributed by atoms with Gasteiger partial charge in [0.05, 0.1) is 0 Å². The number of hydrogen-bond donors (Lipinski definition) is 1. The van der Waals surface area contributed by atoms with Crippen LogP contribution in [0, 0.1) is 11.7 Å². The summed E-state index contributed by atoms with van der Waals surface area (Å²) in [4.78, 5) is 3.55. The van der Waals surface area contributed by atoms with E-state index in [0.29, 0.717) is 5.33 Å². The van der Waals surface area contributed by atoms with E-state index in [1.165, 1.54) is 12.3 Å². The van der Waals surface area contributed by atoms with Crippen LogP contribution in [0.2, 0.25) is 0 Å². The van der Waals surface area contributed by atoms with E-state index >= 15 is 0 Å². The molecule has 0 aliphatic carbocycles. The van der Waals surface area contributed by atoms with Crippen LogP contribution in [0.15, 0.2) is 23.4 Å². The minimum Gasteiger partial charge on any atom is -0.241 e. The van der Waals surface area contributed by atoms with Crippen LogP contribution in [-0.2, 0) is 10.0 Å². The molecule has 0 saturated heterocycles. The highest BCUT2D eigenvalue weighted by Crippen LogP contribution is 2.13. The monoisotopic (exact) mass is 324 g/mol. The first-order chi connectivity index (χ1) is 7.88. The SMILES string of the molecule is CC(CBr)C(C)NS(=O)(=O)c1ncccc1F. The second kappa shape index (κ2) is 5.88. The van der Waals surface area contributed by atoms with Gasteiger partial charge in [-0.1, -0.05) is 22.9 Å². The van der Waals surface area contributed by atoms with E-state index in [1.54, 1.807) is 6.92 Å². The molecule has 1 aromatic rings. The Morgan fingerprint density at radius 1 is 1.53 bits per heavy atom.